The summed E-state index contributed by atoms with van der Waals surface area (Å²) < 4.78 is 0. The number of hydrogen-bond acceptors (Lipinski definition) is 2. The zero-order valence-corrected chi connectivity index (χ0v) is 11.4. The highest BCUT2D eigenvalue weighted by Gasteiger charge is 2.11. The van der Waals surface area contributed by atoms with Crippen molar-refractivity contribution in [3.8, 4) is 0 Å². The third-order valence-corrected chi connectivity index (χ3v) is 3.57. The first kappa shape index (κ1) is 14.0. The number of hydrogen-bond donors (Lipinski definition) is 1. The van der Waals surface area contributed by atoms with Crippen LogP contribution in [0.5, 0.6) is 0 Å². The predicted molar refractivity (Wildman–Crippen MR) is 75.9 cm³/mol. The van der Waals surface area contributed by atoms with Crippen LogP contribution in [0.1, 0.15) is 39.2 Å². The van der Waals surface area contributed by atoms with Crippen molar-refractivity contribution in [2.75, 3.05) is 18.8 Å². The average molecular weight is 234 g/mol. The Kier molecular flexibility index (Phi) is 6.06. The lowest BCUT2D eigenvalue weighted by Crippen LogP contribution is -2.29. The molecule has 2 nitrogen and oxygen atoms in total. The molecule has 1 aromatic carbocycles. The molecule has 0 amide bonds. The van der Waals surface area contributed by atoms with Gasteiger partial charge in [-0.05, 0) is 24.1 Å². The molecular weight excluding hydrogens is 208 g/mol. The zero-order chi connectivity index (χ0) is 12.7. The molecule has 0 radical (unpaired) electrons. The monoisotopic (exact) mass is 234 g/mol. The summed E-state index contributed by atoms with van der Waals surface area (Å²) in [5.74, 6) is 0.805. The Morgan fingerprint density at radius 3 is 2.29 bits per heavy atom. The number of nitrogens with two attached hydrogens (primary N) is 1. The number of anilines is 1. The van der Waals surface area contributed by atoms with E-state index in [2.05, 4.69) is 37.8 Å². The van der Waals surface area contributed by atoms with E-state index in [9.17, 15) is 0 Å². The summed E-state index contributed by atoms with van der Waals surface area (Å²) >= 11 is 0. The van der Waals surface area contributed by atoms with E-state index >= 15 is 0 Å². The summed E-state index contributed by atoms with van der Waals surface area (Å²) in [4.78, 5) is 2.49. The van der Waals surface area contributed by atoms with Crippen LogP contribution in [0.3, 0.4) is 0 Å². The molecule has 0 bridgehead atoms. The van der Waals surface area contributed by atoms with Crippen molar-refractivity contribution < 1.29 is 0 Å². The van der Waals surface area contributed by atoms with Crippen molar-refractivity contribution in [3.05, 3.63) is 29.8 Å². The lowest BCUT2D eigenvalue weighted by atomic mass is 10.0. The standard InChI is InChI=1S/C15H26N2/c1-4-13(5-2)11-17(6-3)12-14-9-7-8-10-15(14)16/h7-10,13H,4-6,11-12,16H2,1-3H3. The van der Waals surface area contributed by atoms with Crippen molar-refractivity contribution in [1.29, 1.82) is 0 Å². The fourth-order valence-electron chi connectivity index (χ4n) is 2.14. The van der Waals surface area contributed by atoms with Crippen LogP contribution in [-0.2, 0) is 6.54 Å². The van der Waals surface area contributed by atoms with Gasteiger partial charge >= 0.3 is 0 Å². The molecule has 0 aromatic heterocycles. The third-order valence-electron chi connectivity index (χ3n) is 3.57. The molecule has 0 atom stereocenters. The molecule has 0 unspecified atom stereocenters. The first-order valence-corrected chi connectivity index (χ1v) is 6.76. The van der Waals surface area contributed by atoms with Crippen LogP contribution in [0.2, 0.25) is 0 Å². The SMILES string of the molecule is CCC(CC)CN(CC)Cc1ccccc1N. The molecule has 2 N–H and O–H groups in total. The number of nitrogens with zero attached hydrogens (tertiary/aromatic N) is 1. The van der Waals surface area contributed by atoms with E-state index in [-0.39, 0.29) is 0 Å². The van der Waals surface area contributed by atoms with Gasteiger partial charge in [-0.1, -0.05) is 51.8 Å². The van der Waals surface area contributed by atoms with Crippen LogP contribution in [0.4, 0.5) is 5.69 Å². The number of rotatable bonds is 7. The Morgan fingerprint density at radius 2 is 1.76 bits per heavy atom. The van der Waals surface area contributed by atoms with E-state index in [1.165, 1.54) is 24.9 Å². The second-order valence-corrected chi connectivity index (χ2v) is 4.71. The molecule has 0 aliphatic rings. The molecule has 0 aliphatic heterocycles. The Hall–Kier alpha value is -1.02. The maximum atomic E-state index is 5.99. The zero-order valence-electron chi connectivity index (χ0n) is 11.4. The van der Waals surface area contributed by atoms with Crippen LogP contribution in [0, 0.1) is 5.92 Å². The van der Waals surface area contributed by atoms with E-state index in [4.69, 9.17) is 5.73 Å². The summed E-state index contributed by atoms with van der Waals surface area (Å²) in [5.41, 5.74) is 8.16. The van der Waals surface area contributed by atoms with Crippen LogP contribution in [0.15, 0.2) is 24.3 Å². The fraction of sp³-hybridized carbons (Fsp3) is 0.600. The summed E-state index contributed by atoms with van der Waals surface area (Å²) in [5, 5.41) is 0. The van der Waals surface area contributed by atoms with Crippen LogP contribution >= 0.6 is 0 Å². The second-order valence-electron chi connectivity index (χ2n) is 4.71. The van der Waals surface area contributed by atoms with Gasteiger partial charge in [0.25, 0.3) is 0 Å². The molecule has 0 aliphatic carbocycles. The maximum Gasteiger partial charge on any atom is 0.0359 e. The van der Waals surface area contributed by atoms with Gasteiger partial charge in [0.1, 0.15) is 0 Å². The Labute approximate surface area is 106 Å². The quantitative estimate of drug-likeness (QED) is 0.731. The molecule has 0 fully saturated rings. The molecule has 0 saturated heterocycles. The second kappa shape index (κ2) is 7.33. The van der Waals surface area contributed by atoms with E-state index < -0.39 is 0 Å². The van der Waals surface area contributed by atoms with Gasteiger partial charge in [0, 0.05) is 18.8 Å². The first-order valence-electron chi connectivity index (χ1n) is 6.76. The minimum absolute atomic E-state index is 0.805. The minimum Gasteiger partial charge on any atom is -0.398 e. The van der Waals surface area contributed by atoms with Gasteiger partial charge in [-0.25, -0.2) is 0 Å². The van der Waals surface area contributed by atoms with E-state index in [0.29, 0.717) is 0 Å². The number of para-hydroxylation sites is 1. The van der Waals surface area contributed by atoms with E-state index in [0.717, 1.165) is 24.7 Å². The number of nitrogen functional groups attached to an aromatic ring is 1. The van der Waals surface area contributed by atoms with Crippen molar-refractivity contribution in [2.45, 2.75) is 40.2 Å². The minimum atomic E-state index is 0.805. The molecule has 1 aromatic rings. The predicted octanol–water partition coefficient (Wildman–Crippen LogP) is 3.53. The van der Waals surface area contributed by atoms with Crippen molar-refractivity contribution in [1.82, 2.24) is 4.90 Å². The lowest BCUT2D eigenvalue weighted by molar-refractivity contribution is 0.226. The summed E-state index contributed by atoms with van der Waals surface area (Å²) in [6.45, 7) is 10.0. The highest BCUT2D eigenvalue weighted by Crippen LogP contribution is 2.16. The summed E-state index contributed by atoms with van der Waals surface area (Å²) in [7, 11) is 0. The molecular formula is C15H26N2. The average Bonchev–Trinajstić information content (AvgIpc) is 2.36. The fourth-order valence-corrected chi connectivity index (χ4v) is 2.14. The first-order chi connectivity index (χ1) is 8.21. The van der Waals surface area contributed by atoms with Gasteiger partial charge in [-0.15, -0.1) is 0 Å². The van der Waals surface area contributed by atoms with Gasteiger partial charge < -0.3 is 5.73 Å². The normalized spacial score (nSPS) is 11.4. The molecule has 0 saturated carbocycles. The molecule has 96 valence electrons. The van der Waals surface area contributed by atoms with Gasteiger partial charge in [0.05, 0.1) is 0 Å². The molecule has 0 heterocycles. The van der Waals surface area contributed by atoms with E-state index in [1.54, 1.807) is 0 Å². The Morgan fingerprint density at radius 1 is 1.12 bits per heavy atom. The summed E-state index contributed by atoms with van der Waals surface area (Å²) in [6, 6.07) is 8.18. The van der Waals surface area contributed by atoms with Crippen LogP contribution < -0.4 is 5.73 Å². The lowest BCUT2D eigenvalue weighted by Gasteiger charge is -2.25. The van der Waals surface area contributed by atoms with Gasteiger partial charge in [-0.3, -0.25) is 4.90 Å². The van der Waals surface area contributed by atoms with Crippen molar-refractivity contribution >= 4 is 5.69 Å². The Bertz CT molecular complexity index is 318. The largest absolute Gasteiger partial charge is 0.398 e. The Balaban J connectivity index is 2.61. The molecule has 17 heavy (non-hydrogen) atoms. The van der Waals surface area contributed by atoms with Gasteiger partial charge in [0.2, 0.25) is 0 Å². The van der Waals surface area contributed by atoms with Crippen LogP contribution in [0.25, 0.3) is 0 Å². The third kappa shape index (κ3) is 4.39. The van der Waals surface area contributed by atoms with Crippen LogP contribution in [-0.4, -0.2) is 18.0 Å². The van der Waals surface area contributed by atoms with Gasteiger partial charge in [0.15, 0.2) is 0 Å². The topological polar surface area (TPSA) is 29.3 Å². The number of benzene rings is 1. The van der Waals surface area contributed by atoms with Gasteiger partial charge in [-0.2, -0.15) is 0 Å². The smallest absolute Gasteiger partial charge is 0.0359 e. The van der Waals surface area contributed by atoms with Crippen molar-refractivity contribution in [2.24, 2.45) is 5.92 Å². The molecule has 2 heteroatoms. The molecule has 0 spiro atoms. The summed E-state index contributed by atoms with van der Waals surface area (Å²) in [6.07, 6.45) is 2.52. The van der Waals surface area contributed by atoms with Crippen molar-refractivity contribution in [3.63, 3.8) is 0 Å². The molecule has 1 rings (SSSR count). The highest BCUT2D eigenvalue weighted by molar-refractivity contribution is 5.46. The highest BCUT2D eigenvalue weighted by atomic mass is 15.1. The maximum absolute atomic E-state index is 5.99. The van der Waals surface area contributed by atoms with E-state index in [1.807, 2.05) is 12.1 Å².